The number of hydrogen-bond acceptors (Lipinski definition) is 3. The fourth-order valence-electron chi connectivity index (χ4n) is 2.39. The third-order valence-electron chi connectivity index (χ3n) is 3.64. The second kappa shape index (κ2) is 7.91. The van der Waals surface area contributed by atoms with Crippen molar-refractivity contribution >= 4 is 0 Å². The third kappa shape index (κ3) is 4.66. The predicted molar refractivity (Wildman–Crippen MR) is 86.0 cm³/mol. The second-order valence-corrected chi connectivity index (χ2v) is 5.43. The van der Waals surface area contributed by atoms with Gasteiger partial charge in [-0.3, -0.25) is 4.98 Å². The summed E-state index contributed by atoms with van der Waals surface area (Å²) in [6.07, 6.45) is 3.41. The molecule has 112 valence electrons. The molecule has 0 bridgehead atoms. The maximum atomic E-state index is 10.3. The molecular formula is C18H24N2O. The highest BCUT2D eigenvalue weighted by molar-refractivity contribution is 5.23. The predicted octanol–water partition coefficient (Wildman–Crippen LogP) is 3.55. The highest BCUT2D eigenvalue weighted by atomic mass is 16.3. The van der Waals surface area contributed by atoms with Gasteiger partial charge in [0.15, 0.2) is 0 Å². The number of rotatable bonds is 7. The zero-order valence-electron chi connectivity index (χ0n) is 12.8. The van der Waals surface area contributed by atoms with Gasteiger partial charge in [0, 0.05) is 18.8 Å². The molecule has 0 saturated heterocycles. The van der Waals surface area contributed by atoms with Crippen molar-refractivity contribution in [1.82, 2.24) is 10.3 Å². The van der Waals surface area contributed by atoms with E-state index < -0.39 is 6.10 Å². The first-order chi connectivity index (χ1) is 10.2. The van der Waals surface area contributed by atoms with Crippen LogP contribution in [0.1, 0.15) is 48.7 Å². The normalized spacial score (nSPS) is 13.9. The smallest absolute Gasteiger partial charge is 0.0914 e. The summed E-state index contributed by atoms with van der Waals surface area (Å²) in [5.74, 6) is 0. The number of benzene rings is 1. The summed E-state index contributed by atoms with van der Waals surface area (Å²) in [6.45, 7) is 4.74. The Hall–Kier alpha value is -1.71. The summed E-state index contributed by atoms with van der Waals surface area (Å²) in [5, 5.41) is 13.7. The Morgan fingerprint density at radius 2 is 1.90 bits per heavy atom. The van der Waals surface area contributed by atoms with Gasteiger partial charge in [0.25, 0.3) is 0 Å². The van der Waals surface area contributed by atoms with Gasteiger partial charge in [-0.2, -0.15) is 0 Å². The Labute approximate surface area is 127 Å². The molecule has 1 heterocycles. The largest absolute Gasteiger partial charge is 0.387 e. The van der Waals surface area contributed by atoms with E-state index in [4.69, 9.17) is 0 Å². The van der Waals surface area contributed by atoms with Gasteiger partial charge in [0.2, 0.25) is 0 Å². The monoisotopic (exact) mass is 284 g/mol. The van der Waals surface area contributed by atoms with Crippen LogP contribution in [0.5, 0.6) is 0 Å². The van der Waals surface area contributed by atoms with E-state index in [1.54, 1.807) is 0 Å². The third-order valence-corrected chi connectivity index (χ3v) is 3.64. The lowest BCUT2D eigenvalue weighted by Crippen LogP contribution is -2.27. The Balaban J connectivity index is 1.97. The molecule has 2 atom stereocenters. The van der Waals surface area contributed by atoms with Crippen molar-refractivity contribution in [3.63, 3.8) is 0 Å². The van der Waals surface area contributed by atoms with Crippen LogP contribution in [0, 0.1) is 6.92 Å². The molecule has 0 saturated carbocycles. The van der Waals surface area contributed by atoms with Crippen LogP contribution in [0.4, 0.5) is 0 Å². The SMILES string of the molecule is CCCC(NCC(O)c1ccc(C)cc1)c1ccccn1. The van der Waals surface area contributed by atoms with Crippen molar-refractivity contribution in [2.45, 2.75) is 38.8 Å². The molecule has 0 spiro atoms. The van der Waals surface area contributed by atoms with E-state index in [1.807, 2.05) is 55.6 Å². The highest BCUT2D eigenvalue weighted by Gasteiger charge is 2.14. The van der Waals surface area contributed by atoms with Crippen LogP contribution in [-0.2, 0) is 0 Å². The van der Waals surface area contributed by atoms with Crippen LogP contribution in [0.2, 0.25) is 0 Å². The van der Waals surface area contributed by atoms with Gasteiger partial charge in [0.05, 0.1) is 11.8 Å². The minimum absolute atomic E-state index is 0.191. The van der Waals surface area contributed by atoms with E-state index in [9.17, 15) is 5.11 Å². The molecule has 0 amide bonds. The Bertz CT molecular complexity index is 525. The van der Waals surface area contributed by atoms with Crippen molar-refractivity contribution in [2.24, 2.45) is 0 Å². The molecular weight excluding hydrogens is 260 g/mol. The van der Waals surface area contributed by atoms with Gasteiger partial charge in [0.1, 0.15) is 0 Å². The first-order valence-corrected chi connectivity index (χ1v) is 7.59. The van der Waals surface area contributed by atoms with Crippen LogP contribution in [-0.4, -0.2) is 16.6 Å². The molecule has 2 N–H and O–H groups in total. The zero-order valence-corrected chi connectivity index (χ0v) is 12.8. The fraction of sp³-hybridized carbons (Fsp3) is 0.389. The average Bonchev–Trinajstić information content (AvgIpc) is 2.52. The van der Waals surface area contributed by atoms with Gasteiger partial charge >= 0.3 is 0 Å². The number of nitrogens with one attached hydrogen (secondary N) is 1. The average molecular weight is 284 g/mol. The molecule has 0 aliphatic rings. The summed E-state index contributed by atoms with van der Waals surface area (Å²) in [6, 6.07) is 14.2. The van der Waals surface area contributed by atoms with Gasteiger partial charge in [-0.1, -0.05) is 49.2 Å². The lowest BCUT2D eigenvalue weighted by Gasteiger charge is -2.20. The lowest BCUT2D eigenvalue weighted by atomic mass is 10.0. The van der Waals surface area contributed by atoms with Crippen molar-refractivity contribution in [2.75, 3.05) is 6.54 Å². The van der Waals surface area contributed by atoms with Crippen LogP contribution in [0.15, 0.2) is 48.7 Å². The number of aliphatic hydroxyl groups excluding tert-OH is 1. The van der Waals surface area contributed by atoms with Crippen molar-refractivity contribution < 1.29 is 5.11 Å². The summed E-state index contributed by atoms with van der Waals surface area (Å²) >= 11 is 0. The summed E-state index contributed by atoms with van der Waals surface area (Å²) < 4.78 is 0. The molecule has 2 aromatic rings. The molecule has 0 aliphatic heterocycles. The number of aromatic nitrogens is 1. The summed E-state index contributed by atoms with van der Waals surface area (Å²) in [4.78, 5) is 4.42. The minimum atomic E-state index is -0.492. The van der Waals surface area contributed by atoms with E-state index in [-0.39, 0.29) is 6.04 Å². The molecule has 0 fully saturated rings. The van der Waals surface area contributed by atoms with E-state index in [0.717, 1.165) is 24.1 Å². The van der Waals surface area contributed by atoms with Crippen LogP contribution >= 0.6 is 0 Å². The molecule has 0 aliphatic carbocycles. The first-order valence-electron chi connectivity index (χ1n) is 7.59. The van der Waals surface area contributed by atoms with E-state index in [2.05, 4.69) is 17.2 Å². The van der Waals surface area contributed by atoms with Crippen molar-refractivity contribution in [3.05, 3.63) is 65.5 Å². The van der Waals surface area contributed by atoms with Crippen molar-refractivity contribution in [1.29, 1.82) is 0 Å². The van der Waals surface area contributed by atoms with Crippen molar-refractivity contribution in [3.8, 4) is 0 Å². The van der Waals surface area contributed by atoms with Gasteiger partial charge < -0.3 is 10.4 Å². The van der Waals surface area contributed by atoms with Crippen LogP contribution in [0.25, 0.3) is 0 Å². The minimum Gasteiger partial charge on any atom is -0.387 e. The molecule has 2 rings (SSSR count). The Morgan fingerprint density at radius 3 is 2.52 bits per heavy atom. The van der Waals surface area contributed by atoms with Gasteiger partial charge in [-0.05, 0) is 31.0 Å². The highest BCUT2D eigenvalue weighted by Crippen LogP contribution is 2.18. The molecule has 0 radical (unpaired) electrons. The fourth-order valence-corrected chi connectivity index (χ4v) is 2.39. The topological polar surface area (TPSA) is 45.1 Å². The maximum Gasteiger partial charge on any atom is 0.0914 e. The summed E-state index contributed by atoms with van der Waals surface area (Å²) in [5.41, 5.74) is 3.19. The zero-order chi connectivity index (χ0) is 15.1. The quantitative estimate of drug-likeness (QED) is 0.817. The first kappa shape index (κ1) is 15.7. The molecule has 1 aromatic carbocycles. The molecule has 2 unspecified atom stereocenters. The molecule has 3 heteroatoms. The number of aliphatic hydroxyl groups is 1. The van der Waals surface area contributed by atoms with Gasteiger partial charge in [-0.25, -0.2) is 0 Å². The lowest BCUT2D eigenvalue weighted by molar-refractivity contribution is 0.168. The molecule has 1 aromatic heterocycles. The van der Waals surface area contributed by atoms with E-state index in [1.165, 1.54) is 5.56 Å². The number of aryl methyl sites for hydroxylation is 1. The number of hydrogen-bond donors (Lipinski definition) is 2. The standard InChI is InChI=1S/C18H24N2O/c1-3-6-16(17-7-4-5-12-19-17)20-13-18(21)15-10-8-14(2)9-11-15/h4-5,7-12,16,18,20-21H,3,6,13H2,1-2H3. The number of nitrogens with zero attached hydrogens (tertiary/aromatic N) is 1. The molecule has 3 nitrogen and oxygen atoms in total. The Morgan fingerprint density at radius 1 is 1.14 bits per heavy atom. The second-order valence-electron chi connectivity index (χ2n) is 5.43. The van der Waals surface area contributed by atoms with Gasteiger partial charge in [-0.15, -0.1) is 0 Å². The number of pyridine rings is 1. The Kier molecular flexibility index (Phi) is 5.90. The maximum absolute atomic E-state index is 10.3. The molecule has 21 heavy (non-hydrogen) atoms. The van der Waals surface area contributed by atoms with Crippen LogP contribution < -0.4 is 5.32 Å². The van der Waals surface area contributed by atoms with Crippen LogP contribution in [0.3, 0.4) is 0 Å². The summed E-state index contributed by atoms with van der Waals surface area (Å²) in [7, 11) is 0. The van der Waals surface area contributed by atoms with E-state index >= 15 is 0 Å². The van der Waals surface area contributed by atoms with E-state index in [0.29, 0.717) is 6.54 Å².